The van der Waals surface area contributed by atoms with Gasteiger partial charge in [0.2, 0.25) is 0 Å². The largest absolute Gasteiger partial charge is 0.494 e. The van der Waals surface area contributed by atoms with Crippen molar-refractivity contribution in [1.82, 2.24) is 9.97 Å². The van der Waals surface area contributed by atoms with E-state index in [1.54, 1.807) is 0 Å². The van der Waals surface area contributed by atoms with E-state index in [0.29, 0.717) is 12.4 Å². The van der Waals surface area contributed by atoms with Gasteiger partial charge in [-0.05, 0) is 37.6 Å². The van der Waals surface area contributed by atoms with Crippen molar-refractivity contribution < 1.29 is 4.74 Å². The van der Waals surface area contributed by atoms with Crippen molar-refractivity contribution in [2.75, 3.05) is 17.7 Å². The lowest BCUT2D eigenvalue weighted by atomic mass is 10.1. The summed E-state index contributed by atoms with van der Waals surface area (Å²) in [4.78, 5) is 8.32. The van der Waals surface area contributed by atoms with Crippen LogP contribution in [0.4, 0.5) is 17.3 Å². The second kappa shape index (κ2) is 6.75. The van der Waals surface area contributed by atoms with Gasteiger partial charge in [0.05, 0.1) is 6.61 Å². The van der Waals surface area contributed by atoms with Crippen molar-refractivity contribution in [2.45, 2.75) is 26.7 Å². The van der Waals surface area contributed by atoms with Gasteiger partial charge in [0.25, 0.3) is 0 Å². The molecule has 0 amide bonds. The predicted octanol–water partition coefficient (Wildman–Crippen LogP) is 3.15. The van der Waals surface area contributed by atoms with Gasteiger partial charge < -0.3 is 15.8 Å². The van der Waals surface area contributed by atoms with Gasteiger partial charge in [-0.2, -0.15) is 0 Å². The Bertz CT molecular complexity index is 554. The van der Waals surface area contributed by atoms with Crippen LogP contribution in [-0.2, 0) is 6.42 Å². The minimum atomic E-state index is 0.537. The van der Waals surface area contributed by atoms with Crippen molar-refractivity contribution in [1.29, 1.82) is 0 Å². The topological polar surface area (TPSA) is 73.1 Å². The highest BCUT2D eigenvalue weighted by atomic mass is 16.5. The average molecular weight is 272 g/mol. The Morgan fingerprint density at radius 1 is 1.15 bits per heavy atom. The van der Waals surface area contributed by atoms with E-state index in [1.165, 1.54) is 6.33 Å². The summed E-state index contributed by atoms with van der Waals surface area (Å²) in [6.07, 6.45) is 3.33. The Hall–Kier alpha value is -2.30. The molecular formula is C15H20N4O. The summed E-state index contributed by atoms with van der Waals surface area (Å²) in [5.41, 5.74) is 7.82. The van der Waals surface area contributed by atoms with Gasteiger partial charge in [-0.25, -0.2) is 9.97 Å². The second-order valence-electron chi connectivity index (χ2n) is 4.42. The first-order valence-electron chi connectivity index (χ1n) is 6.83. The van der Waals surface area contributed by atoms with Crippen molar-refractivity contribution in [3.8, 4) is 5.75 Å². The Kier molecular flexibility index (Phi) is 4.76. The quantitative estimate of drug-likeness (QED) is 0.845. The number of nitrogens with zero attached hydrogens (tertiary/aromatic N) is 2. The lowest BCUT2D eigenvalue weighted by Gasteiger charge is -2.12. The minimum Gasteiger partial charge on any atom is -0.494 e. The molecule has 5 nitrogen and oxygen atoms in total. The van der Waals surface area contributed by atoms with E-state index in [1.807, 2.05) is 31.2 Å². The lowest BCUT2D eigenvalue weighted by Crippen LogP contribution is -2.05. The summed E-state index contributed by atoms with van der Waals surface area (Å²) < 4.78 is 5.42. The van der Waals surface area contributed by atoms with Crippen LogP contribution in [0.2, 0.25) is 0 Å². The normalized spacial score (nSPS) is 10.3. The number of rotatable bonds is 6. The van der Waals surface area contributed by atoms with Crippen LogP contribution in [0.5, 0.6) is 5.75 Å². The Morgan fingerprint density at radius 2 is 1.90 bits per heavy atom. The number of hydrogen-bond acceptors (Lipinski definition) is 5. The maximum atomic E-state index is 5.91. The molecular weight excluding hydrogens is 252 g/mol. The van der Waals surface area contributed by atoms with Crippen LogP contribution < -0.4 is 15.8 Å². The zero-order chi connectivity index (χ0) is 14.4. The first-order valence-corrected chi connectivity index (χ1v) is 6.83. The summed E-state index contributed by atoms with van der Waals surface area (Å²) in [5.74, 6) is 2.16. The first kappa shape index (κ1) is 14.1. The van der Waals surface area contributed by atoms with Crippen LogP contribution in [0.3, 0.4) is 0 Å². The average Bonchev–Trinajstić information content (AvgIpc) is 2.45. The number of benzene rings is 1. The molecule has 0 unspecified atom stereocenters. The van der Waals surface area contributed by atoms with Crippen LogP contribution in [0.15, 0.2) is 30.6 Å². The van der Waals surface area contributed by atoms with Gasteiger partial charge >= 0.3 is 0 Å². The molecule has 1 heterocycles. The SMILES string of the molecule is CCCc1c(N)ncnc1Nc1ccc(OCC)cc1. The Balaban J connectivity index is 2.19. The molecule has 0 radical (unpaired) electrons. The standard InChI is InChI=1S/C15H20N4O/c1-3-5-13-14(16)17-10-18-15(13)19-11-6-8-12(9-7-11)20-4-2/h6-10H,3-5H2,1-2H3,(H3,16,17,18,19). The molecule has 0 bridgehead atoms. The Labute approximate surface area is 119 Å². The van der Waals surface area contributed by atoms with E-state index in [4.69, 9.17) is 10.5 Å². The molecule has 3 N–H and O–H groups in total. The third-order valence-electron chi connectivity index (χ3n) is 2.91. The molecule has 0 aliphatic heterocycles. The predicted molar refractivity (Wildman–Crippen MR) is 81.3 cm³/mol. The van der Waals surface area contributed by atoms with Crippen LogP contribution in [0, 0.1) is 0 Å². The van der Waals surface area contributed by atoms with Gasteiger partial charge in [0, 0.05) is 11.3 Å². The fraction of sp³-hybridized carbons (Fsp3) is 0.333. The number of nitrogens with two attached hydrogens (primary N) is 1. The van der Waals surface area contributed by atoms with E-state index < -0.39 is 0 Å². The summed E-state index contributed by atoms with van der Waals surface area (Å²) in [5, 5.41) is 3.28. The van der Waals surface area contributed by atoms with Gasteiger partial charge in [-0.1, -0.05) is 13.3 Å². The monoisotopic (exact) mass is 272 g/mol. The molecule has 0 saturated heterocycles. The number of ether oxygens (including phenoxy) is 1. The number of nitrogens with one attached hydrogen (secondary N) is 1. The molecule has 106 valence electrons. The van der Waals surface area contributed by atoms with Crippen LogP contribution in [0.25, 0.3) is 0 Å². The first-order chi connectivity index (χ1) is 9.74. The third-order valence-corrected chi connectivity index (χ3v) is 2.91. The zero-order valence-corrected chi connectivity index (χ0v) is 11.9. The highest BCUT2D eigenvalue weighted by Crippen LogP contribution is 2.24. The van der Waals surface area contributed by atoms with Crippen molar-refractivity contribution >= 4 is 17.3 Å². The molecule has 0 saturated carbocycles. The van der Waals surface area contributed by atoms with Gasteiger partial charge in [-0.3, -0.25) is 0 Å². The molecule has 2 aromatic rings. The van der Waals surface area contributed by atoms with Crippen molar-refractivity contribution in [3.05, 3.63) is 36.2 Å². The van der Waals surface area contributed by atoms with Gasteiger partial charge in [-0.15, -0.1) is 0 Å². The smallest absolute Gasteiger partial charge is 0.139 e. The van der Waals surface area contributed by atoms with E-state index in [-0.39, 0.29) is 0 Å². The lowest BCUT2D eigenvalue weighted by molar-refractivity contribution is 0.340. The van der Waals surface area contributed by atoms with Crippen LogP contribution in [-0.4, -0.2) is 16.6 Å². The summed E-state index contributed by atoms with van der Waals surface area (Å²) in [7, 11) is 0. The number of nitrogen functional groups attached to an aromatic ring is 1. The fourth-order valence-corrected chi connectivity index (χ4v) is 1.97. The van der Waals surface area contributed by atoms with E-state index in [9.17, 15) is 0 Å². The third kappa shape index (κ3) is 3.38. The molecule has 0 fully saturated rings. The van der Waals surface area contributed by atoms with Crippen molar-refractivity contribution in [2.24, 2.45) is 0 Å². The van der Waals surface area contributed by atoms with Gasteiger partial charge in [0.1, 0.15) is 23.7 Å². The summed E-state index contributed by atoms with van der Waals surface area (Å²) in [6.45, 7) is 4.73. The molecule has 0 aliphatic rings. The van der Waals surface area contributed by atoms with Crippen molar-refractivity contribution in [3.63, 3.8) is 0 Å². The highest BCUT2D eigenvalue weighted by Gasteiger charge is 2.08. The van der Waals surface area contributed by atoms with Gasteiger partial charge in [0.15, 0.2) is 0 Å². The summed E-state index contributed by atoms with van der Waals surface area (Å²) in [6, 6.07) is 7.77. The molecule has 0 aliphatic carbocycles. The fourth-order valence-electron chi connectivity index (χ4n) is 1.97. The molecule has 1 aromatic carbocycles. The van der Waals surface area contributed by atoms with E-state index >= 15 is 0 Å². The maximum absolute atomic E-state index is 5.91. The highest BCUT2D eigenvalue weighted by molar-refractivity contribution is 5.64. The van der Waals surface area contributed by atoms with E-state index in [0.717, 1.165) is 35.7 Å². The molecule has 1 aromatic heterocycles. The summed E-state index contributed by atoms with van der Waals surface area (Å²) >= 11 is 0. The maximum Gasteiger partial charge on any atom is 0.139 e. The minimum absolute atomic E-state index is 0.537. The second-order valence-corrected chi connectivity index (χ2v) is 4.42. The van der Waals surface area contributed by atoms with Crippen LogP contribution >= 0.6 is 0 Å². The molecule has 0 spiro atoms. The zero-order valence-electron chi connectivity index (χ0n) is 11.9. The molecule has 0 atom stereocenters. The number of anilines is 3. The molecule has 20 heavy (non-hydrogen) atoms. The number of aromatic nitrogens is 2. The Morgan fingerprint density at radius 3 is 2.55 bits per heavy atom. The molecule has 5 heteroatoms. The molecule has 2 rings (SSSR count). The number of hydrogen-bond donors (Lipinski definition) is 2. The van der Waals surface area contributed by atoms with E-state index in [2.05, 4.69) is 22.2 Å². The van der Waals surface area contributed by atoms with Crippen LogP contribution in [0.1, 0.15) is 25.8 Å².